The van der Waals surface area contributed by atoms with Gasteiger partial charge in [0.25, 0.3) is 0 Å². The fraction of sp³-hybridized carbons (Fsp3) is 0.533. The van der Waals surface area contributed by atoms with Crippen LogP contribution < -0.4 is 20.1 Å². The van der Waals surface area contributed by atoms with E-state index in [1.165, 1.54) is 0 Å². The van der Waals surface area contributed by atoms with Gasteiger partial charge in [0.05, 0.1) is 14.2 Å². The summed E-state index contributed by atoms with van der Waals surface area (Å²) in [6.45, 7) is 2.91. The van der Waals surface area contributed by atoms with Gasteiger partial charge in [-0.2, -0.15) is 11.8 Å². The lowest BCUT2D eigenvalue weighted by Crippen LogP contribution is -2.39. The number of hydrogen-bond donors (Lipinski definition) is 2. The number of nitrogens with one attached hydrogen (secondary N) is 2. The second-order valence-electron chi connectivity index (χ2n) is 5.00. The lowest BCUT2D eigenvalue weighted by atomic mass is 10.1. The van der Waals surface area contributed by atoms with Gasteiger partial charge in [0, 0.05) is 42.3 Å². The maximum atomic E-state index is 12.2. The molecule has 1 fully saturated rings. The average Bonchev–Trinajstić information content (AvgIpc) is 2.49. The first-order chi connectivity index (χ1) is 10.1. The van der Waals surface area contributed by atoms with Crippen molar-refractivity contribution >= 4 is 35.8 Å². The second-order valence-corrected chi connectivity index (χ2v) is 6.15. The Morgan fingerprint density at radius 3 is 2.64 bits per heavy atom. The van der Waals surface area contributed by atoms with Gasteiger partial charge in [-0.15, -0.1) is 12.4 Å². The fourth-order valence-corrected chi connectivity index (χ4v) is 3.24. The molecule has 0 aromatic heterocycles. The molecule has 5 nitrogen and oxygen atoms in total. The van der Waals surface area contributed by atoms with Crippen LogP contribution in [0.4, 0.5) is 5.69 Å². The van der Waals surface area contributed by atoms with Crippen LogP contribution in [-0.2, 0) is 4.79 Å². The Morgan fingerprint density at radius 2 is 2.05 bits per heavy atom. The zero-order valence-corrected chi connectivity index (χ0v) is 14.7. The number of halogens is 1. The Kier molecular flexibility index (Phi) is 7.85. The molecule has 2 rings (SSSR count). The molecule has 7 heteroatoms. The van der Waals surface area contributed by atoms with Gasteiger partial charge in [-0.1, -0.05) is 0 Å². The van der Waals surface area contributed by atoms with Gasteiger partial charge in [-0.3, -0.25) is 4.79 Å². The molecule has 0 aliphatic carbocycles. The molecule has 0 spiro atoms. The van der Waals surface area contributed by atoms with Crippen LogP contribution in [0, 0.1) is 6.92 Å². The molecule has 2 N–H and O–H groups in total. The van der Waals surface area contributed by atoms with Crippen molar-refractivity contribution in [1.82, 2.24) is 5.32 Å². The van der Waals surface area contributed by atoms with Gasteiger partial charge in [-0.25, -0.2) is 0 Å². The largest absolute Gasteiger partial charge is 0.493 e. The summed E-state index contributed by atoms with van der Waals surface area (Å²) >= 11 is 1.89. The van der Waals surface area contributed by atoms with Crippen LogP contribution in [0.25, 0.3) is 0 Å². The van der Waals surface area contributed by atoms with E-state index in [9.17, 15) is 4.79 Å². The Labute approximate surface area is 141 Å². The number of methoxy groups -OCH3 is 2. The van der Waals surface area contributed by atoms with Crippen LogP contribution in [-0.4, -0.2) is 44.2 Å². The highest BCUT2D eigenvalue weighted by molar-refractivity contribution is 7.99. The van der Waals surface area contributed by atoms with Gasteiger partial charge in [-0.05, 0) is 18.6 Å². The van der Waals surface area contributed by atoms with Crippen molar-refractivity contribution in [3.63, 3.8) is 0 Å². The summed E-state index contributed by atoms with van der Waals surface area (Å²) in [6.07, 6.45) is 0.487. The summed E-state index contributed by atoms with van der Waals surface area (Å²) in [6, 6.07) is 3.92. The quantitative estimate of drug-likeness (QED) is 0.857. The van der Waals surface area contributed by atoms with Gasteiger partial charge in [0.1, 0.15) is 0 Å². The molecular formula is C15H23ClN2O3S. The average molecular weight is 347 g/mol. The molecule has 0 bridgehead atoms. The maximum absolute atomic E-state index is 12.2. The topological polar surface area (TPSA) is 59.6 Å². The van der Waals surface area contributed by atoms with Crippen molar-refractivity contribution in [1.29, 1.82) is 0 Å². The zero-order chi connectivity index (χ0) is 15.2. The molecule has 1 aromatic rings. The summed E-state index contributed by atoms with van der Waals surface area (Å²) in [7, 11) is 3.18. The van der Waals surface area contributed by atoms with E-state index in [0.717, 1.165) is 29.3 Å². The number of rotatable bonds is 5. The molecule has 1 aromatic carbocycles. The molecule has 1 heterocycles. The van der Waals surface area contributed by atoms with Crippen molar-refractivity contribution in [2.45, 2.75) is 19.4 Å². The smallest absolute Gasteiger partial charge is 0.225 e. The summed E-state index contributed by atoms with van der Waals surface area (Å²) in [5.74, 6) is 3.40. The van der Waals surface area contributed by atoms with Gasteiger partial charge >= 0.3 is 0 Å². The predicted octanol–water partition coefficient (Wildman–Crippen LogP) is 2.47. The van der Waals surface area contributed by atoms with Crippen molar-refractivity contribution in [2.24, 2.45) is 0 Å². The van der Waals surface area contributed by atoms with Gasteiger partial charge < -0.3 is 20.1 Å². The monoisotopic (exact) mass is 346 g/mol. The summed E-state index contributed by atoms with van der Waals surface area (Å²) < 4.78 is 10.5. The minimum atomic E-state index is 0. The molecule has 1 amide bonds. The van der Waals surface area contributed by atoms with Crippen LogP contribution >= 0.6 is 24.2 Å². The highest BCUT2D eigenvalue weighted by Crippen LogP contribution is 2.33. The highest BCUT2D eigenvalue weighted by Gasteiger charge is 2.18. The Morgan fingerprint density at radius 1 is 1.36 bits per heavy atom. The number of aryl methyl sites for hydroxylation is 1. The number of hydrogen-bond acceptors (Lipinski definition) is 5. The predicted molar refractivity (Wildman–Crippen MR) is 93.9 cm³/mol. The lowest BCUT2D eigenvalue weighted by Gasteiger charge is -2.22. The standard InChI is InChI=1S/C15H22N2O3S.ClH/c1-10-6-13(19-2)14(20-3)8-12(10)17-15(18)7-11-9-21-5-4-16-11;/h6,8,11,16H,4-5,7,9H2,1-3H3,(H,17,18);1H. The van der Waals surface area contributed by atoms with Crippen LogP contribution in [0.3, 0.4) is 0 Å². The number of amides is 1. The third kappa shape index (κ3) is 4.97. The first kappa shape index (κ1) is 18.9. The molecule has 1 unspecified atom stereocenters. The number of ether oxygens (including phenoxy) is 2. The van der Waals surface area contributed by atoms with Gasteiger partial charge in [0.15, 0.2) is 11.5 Å². The SMILES string of the molecule is COc1cc(C)c(NC(=O)CC2CSCCN2)cc1OC.Cl. The lowest BCUT2D eigenvalue weighted by molar-refractivity contribution is -0.116. The molecule has 1 aliphatic rings. The third-order valence-electron chi connectivity index (χ3n) is 3.43. The van der Waals surface area contributed by atoms with E-state index in [1.54, 1.807) is 20.3 Å². The highest BCUT2D eigenvalue weighted by atomic mass is 35.5. The molecule has 0 radical (unpaired) electrons. The third-order valence-corrected chi connectivity index (χ3v) is 4.57. The molecule has 124 valence electrons. The van der Waals surface area contributed by atoms with Crippen molar-refractivity contribution in [3.8, 4) is 11.5 Å². The van der Waals surface area contributed by atoms with E-state index < -0.39 is 0 Å². The Balaban J connectivity index is 0.00000242. The Bertz CT molecular complexity index is 508. The van der Waals surface area contributed by atoms with E-state index in [-0.39, 0.29) is 24.4 Å². The first-order valence-electron chi connectivity index (χ1n) is 6.97. The zero-order valence-electron chi connectivity index (χ0n) is 13.1. The number of carbonyl (C=O) groups is 1. The van der Waals surface area contributed by atoms with E-state index in [0.29, 0.717) is 17.9 Å². The van der Waals surface area contributed by atoms with Crippen LogP contribution in [0.2, 0.25) is 0 Å². The second kappa shape index (κ2) is 9.12. The van der Waals surface area contributed by atoms with Crippen molar-refractivity contribution in [2.75, 3.05) is 37.6 Å². The number of carbonyl (C=O) groups excluding carboxylic acids is 1. The molecule has 22 heavy (non-hydrogen) atoms. The minimum absolute atomic E-state index is 0. The molecule has 0 saturated carbocycles. The van der Waals surface area contributed by atoms with Crippen LogP contribution in [0.1, 0.15) is 12.0 Å². The van der Waals surface area contributed by atoms with E-state index in [1.807, 2.05) is 24.8 Å². The normalized spacial score (nSPS) is 17.3. The van der Waals surface area contributed by atoms with Crippen LogP contribution in [0.15, 0.2) is 12.1 Å². The van der Waals surface area contributed by atoms with E-state index >= 15 is 0 Å². The Hall–Kier alpha value is -1.11. The number of benzene rings is 1. The maximum Gasteiger partial charge on any atom is 0.225 e. The van der Waals surface area contributed by atoms with Crippen molar-refractivity contribution < 1.29 is 14.3 Å². The number of thioether (sulfide) groups is 1. The minimum Gasteiger partial charge on any atom is -0.493 e. The molecule has 1 aliphatic heterocycles. The first-order valence-corrected chi connectivity index (χ1v) is 8.13. The molecular weight excluding hydrogens is 324 g/mol. The molecule has 1 saturated heterocycles. The summed E-state index contributed by atoms with van der Waals surface area (Å²) in [5.41, 5.74) is 1.72. The van der Waals surface area contributed by atoms with Crippen LogP contribution in [0.5, 0.6) is 11.5 Å². The van der Waals surface area contributed by atoms with E-state index in [4.69, 9.17) is 9.47 Å². The number of anilines is 1. The van der Waals surface area contributed by atoms with Gasteiger partial charge in [0.2, 0.25) is 5.91 Å². The summed E-state index contributed by atoms with van der Waals surface area (Å²) in [5, 5.41) is 6.32. The molecule has 1 atom stereocenters. The van der Waals surface area contributed by atoms with E-state index in [2.05, 4.69) is 10.6 Å². The fourth-order valence-electron chi connectivity index (χ4n) is 2.29. The van der Waals surface area contributed by atoms with Crippen molar-refractivity contribution in [3.05, 3.63) is 17.7 Å². The summed E-state index contributed by atoms with van der Waals surface area (Å²) in [4.78, 5) is 12.2.